The summed E-state index contributed by atoms with van der Waals surface area (Å²) < 4.78 is 47.7. The molecule has 2 unspecified atom stereocenters. The Labute approximate surface area is 97.6 Å². The van der Waals surface area contributed by atoms with Gasteiger partial charge in [-0.1, -0.05) is 6.92 Å². The molecule has 0 rings (SSSR count). The summed E-state index contributed by atoms with van der Waals surface area (Å²) in [6.45, 7) is 3.26. The van der Waals surface area contributed by atoms with E-state index < -0.39 is 31.2 Å². The Kier molecular flexibility index (Phi) is 5.88. The lowest BCUT2D eigenvalue weighted by Crippen LogP contribution is -2.44. The zero-order chi connectivity index (χ0) is 13.0. The minimum atomic E-state index is -3.53. The predicted molar refractivity (Wildman–Crippen MR) is 64.4 cm³/mol. The highest BCUT2D eigenvalue weighted by molar-refractivity contribution is 7.91. The summed E-state index contributed by atoms with van der Waals surface area (Å²) in [6, 6.07) is -0.638. The van der Waals surface area contributed by atoms with Gasteiger partial charge in [0, 0.05) is 18.8 Å². The molecule has 0 fully saturated rings. The molecule has 0 aromatic rings. The molecule has 0 spiro atoms. The van der Waals surface area contributed by atoms with Crippen molar-refractivity contribution in [3.05, 3.63) is 0 Å². The highest BCUT2D eigenvalue weighted by atomic mass is 32.2. The van der Waals surface area contributed by atoms with Gasteiger partial charge in [0.25, 0.3) is 0 Å². The summed E-state index contributed by atoms with van der Waals surface area (Å²) in [7, 11) is -6.73. The summed E-state index contributed by atoms with van der Waals surface area (Å²) >= 11 is 0. The maximum absolute atomic E-state index is 11.7. The molecule has 0 aromatic heterocycles. The van der Waals surface area contributed by atoms with Crippen LogP contribution in [0, 0.1) is 0 Å². The van der Waals surface area contributed by atoms with Crippen LogP contribution in [0.15, 0.2) is 0 Å². The first-order chi connectivity index (χ1) is 7.12. The van der Waals surface area contributed by atoms with Gasteiger partial charge in [0.2, 0.25) is 10.0 Å². The Morgan fingerprint density at radius 3 is 2.06 bits per heavy atom. The third-order valence-electron chi connectivity index (χ3n) is 2.08. The molecule has 0 bridgehead atoms. The predicted octanol–water partition coefficient (Wildman–Crippen LogP) is -0.924. The lowest BCUT2D eigenvalue weighted by molar-refractivity contribution is 0.547. The minimum Gasteiger partial charge on any atom is -0.329 e. The fourth-order valence-corrected chi connectivity index (χ4v) is 4.00. The first kappa shape index (κ1) is 15.8. The number of hydrogen-bond acceptors (Lipinski definition) is 5. The van der Waals surface area contributed by atoms with Gasteiger partial charge in [0.1, 0.15) is 9.84 Å². The molecular weight excluding hydrogens is 252 g/mol. The minimum absolute atomic E-state index is 0.0252. The topological polar surface area (TPSA) is 106 Å². The average molecular weight is 272 g/mol. The SMILES string of the molecule is CCC(CN)S(=O)(=O)NC(C)CS(C)(=O)=O. The number of nitrogens with two attached hydrogens (primary N) is 1. The van der Waals surface area contributed by atoms with Crippen LogP contribution in [-0.4, -0.2) is 46.7 Å². The molecule has 98 valence electrons. The van der Waals surface area contributed by atoms with Crippen molar-refractivity contribution in [1.29, 1.82) is 0 Å². The van der Waals surface area contributed by atoms with Crippen molar-refractivity contribution in [2.24, 2.45) is 5.73 Å². The molecule has 0 saturated heterocycles. The van der Waals surface area contributed by atoms with Crippen LogP contribution >= 0.6 is 0 Å². The Morgan fingerprint density at radius 1 is 1.25 bits per heavy atom. The molecule has 2 atom stereocenters. The number of sulfonamides is 1. The van der Waals surface area contributed by atoms with Gasteiger partial charge in [0.05, 0.1) is 11.0 Å². The smallest absolute Gasteiger partial charge is 0.215 e. The van der Waals surface area contributed by atoms with E-state index in [4.69, 9.17) is 5.73 Å². The maximum atomic E-state index is 11.7. The van der Waals surface area contributed by atoms with Crippen molar-refractivity contribution >= 4 is 19.9 Å². The highest BCUT2D eigenvalue weighted by Gasteiger charge is 2.25. The summed E-state index contributed by atoms with van der Waals surface area (Å²) in [5, 5.41) is -0.672. The number of hydrogen-bond donors (Lipinski definition) is 2. The monoisotopic (exact) mass is 272 g/mol. The van der Waals surface area contributed by atoms with E-state index in [0.717, 1.165) is 6.26 Å². The van der Waals surface area contributed by atoms with Crippen LogP contribution in [0.25, 0.3) is 0 Å². The van der Waals surface area contributed by atoms with Gasteiger partial charge in [-0.3, -0.25) is 0 Å². The third-order valence-corrected chi connectivity index (χ3v) is 5.32. The van der Waals surface area contributed by atoms with E-state index in [9.17, 15) is 16.8 Å². The van der Waals surface area contributed by atoms with E-state index in [-0.39, 0.29) is 12.3 Å². The largest absolute Gasteiger partial charge is 0.329 e. The highest BCUT2D eigenvalue weighted by Crippen LogP contribution is 2.04. The van der Waals surface area contributed by atoms with Gasteiger partial charge < -0.3 is 5.73 Å². The fourth-order valence-electron chi connectivity index (χ4n) is 1.38. The van der Waals surface area contributed by atoms with E-state index in [1.165, 1.54) is 6.92 Å². The van der Waals surface area contributed by atoms with Crippen LogP contribution < -0.4 is 10.5 Å². The molecule has 6 nitrogen and oxygen atoms in total. The first-order valence-corrected chi connectivity index (χ1v) is 8.62. The molecule has 8 heteroatoms. The summed E-state index contributed by atoms with van der Waals surface area (Å²) in [6.07, 6.45) is 1.47. The van der Waals surface area contributed by atoms with E-state index >= 15 is 0 Å². The van der Waals surface area contributed by atoms with Crippen molar-refractivity contribution in [3.63, 3.8) is 0 Å². The van der Waals surface area contributed by atoms with Crippen molar-refractivity contribution in [1.82, 2.24) is 4.72 Å². The van der Waals surface area contributed by atoms with Crippen LogP contribution in [-0.2, 0) is 19.9 Å². The number of sulfone groups is 1. The van der Waals surface area contributed by atoms with Crippen molar-refractivity contribution in [3.8, 4) is 0 Å². The van der Waals surface area contributed by atoms with Crippen LogP contribution in [0.5, 0.6) is 0 Å². The molecule has 16 heavy (non-hydrogen) atoms. The molecule has 0 aliphatic heterocycles. The molecule has 0 aliphatic carbocycles. The molecular formula is C8H20N2O4S2. The molecule has 0 aromatic carbocycles. The van der Waals surface area contributed by atoms with Crippen molar-refractivity contribution in [2.75, 3.05) is 18.6 Å². The van der Waals surface area contributed by atoms with Gasteiger partial charge in [-0.2, -0.15) is 0 Å². The van der Waals surface area contributed by atoms with E-state index in [1.54, 1.807) is 6.92 Å². The van der Waals surface area contributed by atoms with Crippen LogP contribution in [0.1, 0.15) is 20.3 Å². The van der Waals surface area contributed by atoms with E-state index in [1.807, 2.05) is 0 Å². The molecule has 3 N–H and O–H groups in total. The lowest BCUT2D eigenvalue weighted by atomic mass is 10.3. The second-order valence-electron chi connectivity index (χ2n) is 3.92. The maximum Gasteiger partial charge on any atom is 0.215 e. The first-order valence-electron chi connectivity index (χ1n) is 5.01. The van der Waals surface area contributed by atoms with E-state index in [2.05, 4.69) is 4.72 Å². The number of nitrogens with one attached hydrogen (secondary N) is 1. The standard InChI is InChI=1S/C8H20N2O4S2/c1-4-8(5-9)16(13,14)10-7(2)6-15(3,11)12/h7-8,10H,4-6,9H2,1-3H3. The summed E-state index contributed by atoms with van der Waals surface area (Å²) in [5.41, 5.74) is 5.33. The zero-order valence-corrected chi connectivity index (χ0v) is 11.4. The zero-order valence-electron chi connectivity index (χ0n) is 9.80. The average Bonchev–Trinajstić information content (AvgIpc) is 1.99. The van der Waals surface area contributed by atoms with Crippen LogP contribution in [0.2, 0.25) is 0 Å². The molecule has 0 saturated carbocycles. The molecule has 0 amide bonds. The van der Waals surface area contributed by atoms with Gasteiger partial charge in [-0.25, -0.2) is 21.6 Å². The normalized spacial score (nSPS) is 17.0. The third kappa shape index (κ3) is 5.78. The van der Waals surface area contributed by atoms with Crippen LogP contribution in [0.3, 0.4) is 0 Å². The lowest BCUT2D eigenvalue weighted by Gasteiger charge is -2.18. The molecule has 0 aliphatic rings. The summed E-state index contributed by atoms with van der Waals surface area (Å²) in [4.78, 5) is 0. The second-order valence-corrected chi connectivity index (χ2v) is 8.10. The Morgan fingerprint density at radius 2 is 1.75 bits per heavy atom. The van der Waals surface area contributed by atoms with Gasteiger partial charge in [-0.15, -0.1) is 0 Å². The quantitative estimate of drug-likeness (QED) is 0.623. The van der Waals surface area contributed by atoms with Crippen molar-refractivity contribution in [2.45, 2.75) is 31.6 Å². The summed E-state index contributed by atoms with van der Waals surface area (Å²) in [5.74, 6) is -0.215. The fraction of sp³-hybridized carbons (Fsp3) is 1.00. The van der Waals surface area contributed by atoms with Gasteiger partial charge in [0.15, 0.2) is 0 Å². The van der Waals surface area contributed by atoms with E-state index in [0.29, 0.717) is 6.42 Å². The molecule has 0 heterocycles. The Bertz CT molecular complexity index is 398. The van der Waals surface area contributed by atoms with Gasteiger partial charge >= 0.3 is 0 Å². The second kappa shape index (κ2) is 5.95. The Hall–Kier alpha value is -0.180. The van der Waals surface area contributed by atoms with Gasteiger partial charge in [-0.05, 0) is 13.3 Å². The van der Waals surface area contributed by atoms with Crippen LogP contribution in [0.4, 0.5) is 0 Å². The molecule has 0 radical (unpaired) electrons. The van der Waals surface area contributed by atoms with Crippen molar-refractivity contribution < 1.29 is 16.8 Å². The number of rotatable bonds is 7. The Balaban J connectivity index is 4.60.